The number of morpholine rings is 1. The number of hydrogen-bond donors (Lipinski definition) is 3. The summed E-state index contributed by atoms with van der Waals surface area (Å²) >= 11 is 0. The molecular weight excluding hydrogens is 959 g/mol. The standard InChI is InChI=1S/C58H59N5O12/c1-36(2)48(54(67)71-3)59-57(70)62-44-23-17-37(12-10-11-29-64)32-43(44)58(56(62)69)47(53(66)61-27-25-60(26-28-61)34-38-18-24-45-46(33-38)74-35-73-45)50-55(68)75-51(40-15-8-5-9-16-40)49(39-13-6-4-7-14-39)63(50)52(58)41-19-21-42(22-20-41)72-31-30-65/h4-9,13-24,32-33,36,47-52,64-65H,11,25-31,34-35H2,1-3H3,(H,59,70)/t47-,48-,49-,50-,51+,52+,58-/m0/s1. The van der Waals surface area contributed by atoms with E-state index in [9.17, 15) is 15.0 Å². The first-order valence-corrected chi connectivity index (χ1v) is 25.3. The molecule has 1 spiro atoms. The lowest BCUT2D eigenvalue weighted by molar-refractivity contribution is -0.179. The molecule has 3 saturated heterocycles. The van der Waals surface area contributed by atoms with Gasteiger partial charge in [0.15, 0.2) is 11.5 Å². The molecule has 0 saturated carbocycles. The Kier molecular flexibility index (Phi) is 14.6. The molecule has 75 heavy (non-hydrogen) atoms. The Morgan fingerprint density at radius 1 is 0.800 bits per heavy atom. The van der Waals surface area contributed by atoms with Crippen LogP contribution < -0.4 is 24.4 Å². The van der Waals surface area contributed by atoms with Crippen molar-refractivity contribution in [1.82, 2.24) is 20.0 Å². The quantitative estimate of drug-likeness (QED) is 0.0997. The summed E-state index contributed by atoms with van der Waals surface area (Å²) in [5, 5.41) is 22.2. The number of aliphatic hydroxyl groups excluding tert-OH is 2. The Morgan fingerprint density at radius 2 is 1.51 bits per heavy atom. The highest BCUT2D eigenvalue weighted by Crippen LogP contribution is 2.66. The third kappa shape index (κ3) is 9.33. The number of anilines is 1. The van der Waals surface area contributed by atoms with Gasteiger partial charge in [0.1, 0.15) is 36.0 Å². The summed E-state index contributed by atoms with van der Waals surface area (Å²) < 4.78 is 28.8. The van der Waals surface area contributed by atoms with E-state index in [2.05, 4.69) is 22.1 Å². The molecule has 3 N–H and O–H groups in total. The van der Waals surface area contributed by atoms with Crippen molar-refractivity contribution in [1.29, 1.82) is 0 Å². The Bertz CT molecular complexity index is 3010. The number of urea groups is 1. The molecule has 0 aromatic heterocycles. The Morgan fingerprint density at radius 3 is 2.19 bits per heavy atom. The van der Waals surface area contributed by atoms with Crippen LogP contribution in [0.3, 0.4) is 0 Å². The Labute approximate surface area is 434 Å². The Hall–Kier alpha value is -7.75. The fourth-order valence-electron chi connectivity index (χ4n) is 11.5. The lowest BCUT2D eigenvalue weighted by Crippen LogP contribution is -2.59. The molecule has 388 valence electrons. The molecular formula is C58H59N5O12. The summed E-state index contributed by atoms with van der Waals surface area (Å²) in [4.78, 5) is 84.2. The van der Waals surface area contributed by atoms with Crippen LogP contribution in [-0.4, -0.2) is 127 Å². The van der Waals surface area contributed by atoms with Gasteiger partial charge >= 0.3 is 18.0 Å². The number of esters is 2. The second-order valence-corrected chi connectivity index (χ2v) is 19.5. The number of cyclic esters (lactones) is 1. The van der Waals surface area contributed by atoms with Gasteiger partial charge in [0, 0.05) is 44.7 Å². The molecule has 0 radical (unpaired) electrons. The third-order valence-corrected chi connectivity index (χ3v) is 14.9. The summed E-state index contributed by atoms with van der Waals surface area (Å²) in [5.41, 5.74) is 1.64. The number of amides is 4. The number of carbonyl (C=O) groups excluding carboxylic acids is 5. The van der Waals surface area contributed by atoms with Crippen LogP contribution in [0, 0.1) is 23.7 Å². The average molecular weight is 1020 g/mol. The summed E-state index contributed by atoms with van der Waals surface area (Å²) in [6.45, 7) is 5.15. The van der Waals surface area contributed by atoms with Gasteiger partial charge in [0.05, 0.1) is 44.0 Å². The van der Waals surface area contributed by atoms with Gasteiger partial charge in [-0.15, -0.1) is 0 Å². The second-order valence-electron chi connectivity index (χ2n) is 19.5. The molecule has 3 fully saturated rings. The van der Waals surface area contributed by atoms with E-state index in [1.54, 1.807) is 61.2 Å². The first-order valence-electron chi connectivity index (χ1n) is 25.3. The lowest BCUT2D eigenvalue weighted by atomic mass is 9.64. The molecule has 0 bridgehead atoms. The van der Waals surface area contributed by atoms with Gasteiger partial charge in [-0.2, -0.15) is 0 Å². The van der Waals surface area contributed by atoms with Crippen LogP contribution in [0.4, 0.5) is 10.5 Å². The fourth-order valence-corrected chi connectivity index (χ4v) is 11.5. The normalized spacial score (nSPS) is 23.3. The van der Waals surface area contributed by atoms with E-state index in [0.717, 1.165) is 16.0 Å². The van der Waals surface area contributed by atoms with Crippen molar-refractivity contribution in [2.45, 2.75) is 62.5 Å². The van der Waals surface area contributed by atoms with Gasteiger partial charge in [-0.25, -0.2) is 14.5 Å². The topological polar surface area (TPSA) is 197 Å². The van der Waals surface area contributed by atoms with Gasteiger partial charge in [-0.3, -0.25) is 24.2 Å². The molecule has 5 heterocycles. The predicted octanol–water partition coefficient (Wildman–Crippen LogP) is 5.44. The number of imide groups is 1. The zero-order valence-corrected chi connectivity index (χ0v) is 41.9. The van der Waals surface area contributed by atoms with E-state index < -0.39 is 77.3 Å². The average Bonchev–Trinajstić information content (AvgIpc) is 4.18. The van der Waals surface area contributed by atoms with Crippen LogP contribution in [0.5, 0.6) is 17.2 Å². The zero-order chi connectivity index (χ0) is 52.4. The predicted molar refractivity (Wildman–Crippen MR) is 273 cm³/mol. The number of fused-ring (bicyclic) bond motifs is 4. The van der Waals surface area contributed by atoms with Gasteiger partial charge in [-0.1, -0.05) is 105 Å². The molecule has 0 aliphatic carbocycles. The molecule has 5 aliphatic rings. The molecule has 5 aliphatic heterocycles. The number of methoxy groups -OCH3 is 1. The number of ether oxygens (including phenoxy) is 5. The summed E-state index contributed by atoms with van der Waals surface area (Å²) in [7, 11) is 1.21. The van der Waals surface area contributed by atoms with Gasteiger partial charge in [0.2, 0.25) is 18.6 Å². The van der Waals surface area contributed by atoms with Crippen LogP contribution in [-0.2, 0) is 40.6 Å². The largest absolute Gasteiger partial charge is 0.491 e. The van der Waals surface area contributed by atoms with Crippen molar-refractivity contribution >= 4 is 35.5 Å². The molecule has 5 aromatic carbocycles. The van der Waals surface area contributed by atoms with Crippen LogP contribution >= 0.6 is 0 Å². The van der Waals surface area contributed by atoms with E-state index >= 15 is 19.2 Å². The number of rotatable bonds is 13. The molecule has 4 amide bonds. The number of nitrogens with zero attached hydrogens (tertiary/aromatic N) is 4. The van der Waals surface area contributed by atoms with E-state index in [0.29, 0.717) is 53.6 Å². The number of piperazine rings is 1. The first kappa shape index (κ1) is 50.8. The third-order valence-electron chi connectivity index (χ3n) is 14.9. The maximum Gasteiger partial charge on any atom is 0.329 e. The van der Waals surface area contributed by atoms with Crippen LogP contribution in [0.1, 0.15) is 71.8 Å². The van der Waals surface area contributed by atoms with Gasteiger partial charge < -0.3 is 44.1 Å². The highest BCUT2D eigenvalue weighted by Gasteiger charge is 2.76. The lowest BCUT2D eigenvalue weighted by Gasteiger charge is -2.46. The monoisotopic (exact) mass is 1020 g/mol. The van der Waals surface area contributed by atoms with E-state index in [1.807, 2.05) is 83.8 Å². The van der Waals surface area contributed by atoms with Crippen molar-refractivity contribution in [3.05, 3.63) is 155 Å². The highest BCUT2D eigenvalue weighted by molar-refractivity contribution is 6.25. The smallest absolute Gasteiger partial charge is 0.329 e. The number of benzene rings is 5. The highest BCUT2D eigenvalue weighted by atomic mass is 16.7. The van der Waals surface area contributed by atoms with Crippen molar-refractivity contribution in [2.24, 2.45) is 11.8 Å². The Balaban J connectivity index is 1.19. The minimum atomic E-state index is -2.09. The minimum absolute atomic E-state index is 0.0150. The van der Waals surface area contributed by atoms with Crippen LogP contribution in [0.2, 0.25) is 0 Å². The molecule has 0 unspecified atom stereocenters. The first-order chi connectivity index (χ1) is 36.5. The molecule has 7 atom stereocenters. The summed E-state index contributed by atoms with van der Waals surface area (Å²) in [6, 6.07) is 31.0. The molecule has 10 rings (SSSR count). The van der Waals surface area contributed by atoms with Crippen LogP contribution in [0.25, 0.3) is 0 Å². The SMILES string of the molecule is COC(=O)[C@@H](NC(=O)N1C(=O)[C@@]2(c3cc(C#CCCO)ccc31)[C@H](C(=O)N1CCN(Cc3ccc4c(c3)OCO4)CC1)[C@H]1C(=O)O[C@H](c3ccccc3)[C@H](c3ccccc3)N1[C@@H]2c1ccc(OCCO)cc1)C(C)C. The van der Waals surface area contributed by atoms with Crippen molar-refractivity contribution < 1.29 is 57.9 Å². The van der Waals surface area contributed by atoms with Crippen molar-refractivity contribution in [3.63, 3.8) is 0 Å². The molecule has 17 nitrogen and oxygen atoms in total. The van der Waals surface area contributed by atoms with Gasteiger partial charge in [0.25, 0.3) is 0 Å². The number of carbonyl (C=O) groups is 5. The summed E-state index contributed by atoms with van der Waals surface area (Å²) in [6.07, 6.45) is -0.800. The number of aliphatic hydroxyl groups is 2. The maximum absolute atomic E-state index is 16.8. The van der Waals surface area contributed by atoms with Crippen LogP contribution in [0.15, 0.2) is 121 Å². The minimum Gasteiger partial charge on any atom is -0.491 e. The van der Waals surface area contributed by atoms with E-state index in [1.165, 1.54) is 7.11 Å². The second kappa shape index (κ2) is 21.6. The number of hydrogen-bond acceptors (Lipinski definition) is 14. The summed E-state index contributed by atoms with van der Waals surface area (Å²) in [5.74, 6) is 3.10. The van der Waals surface area contributed by atoms with Gasteiger partial charge in [-0.05, 0) is 76.2 Å². The van der Waals surface area contributed by atoms with E-state index in [4.69, 9.17) is 23.7 Å². The van der Waals surface area contributed by atoms with E-state index in [-0.39, 0.29) is 57.4 Å². The zero-order valence-electron chi connectivity index (χ0n) is 41.9. The molecule has 17 heteroatoms. The fraction of sp³-hybridized carbons (Fsp3) is 0.362. The van der Waals surface area contributed by atoms with Crippen molar-refractivity contribution in [2.75, 3.05) is 64.8 Å². The molecule has 5 aromatic rings. The van der Waals surface area contributed by atoms with Crippen molar-refractivity contribution in [3.8, 4) is 29.1 Å². The maximum atomic E-state index is 16.8. The number of nitrogens with one attached hydrogen (secondary N) is 1.